The lowest BCUT2D eigenvalue weighted by atomic mass is 10.1. The molecule has 1 aliphatic carbocycles. The van der Waals surface area contributed by atoms with Gasteiger partial charge in [-0.05, 0) is 26.2 Å². The van der Waals surface area contributed by atoms with E-state index in [2.05, 4.69) is 5.32 Å². The molecule has 102 valence electrons. The van der Waals surface area contributed by atoms with Crippen molar-refractivity contribution in [1.29, 1.82) is 0 Å². The van der Waals surface area contributed by atoms with Gasteiger partial charge in [0, 0.05) is 19.1 Å². The summed E-state index contributed by atoms with van der Waals surface area (Å²) in [5.41, 5.74) is 0. The molecule has 0 radical (unpaired) electrons. The minimum Gasteiger partial charge on any atom is -0.481 e. The summed E-state index contributed by atoms with van der Waals surface area (Å²) < 4.78 is 5.38. The third-order valence-electron chi connectivity index (χ3n) is 3.64. The van der Waals surface area contributed by atoms with Crippen LogP contribution < -0.4 is 5.32 Å². The van der Waals surface area contributed by atoms with Crippen LogP contribution in [0.1, 0.15) is 26.2 Å². The molecule has 2 amide bonds. The standard InChI is InChI=1S/C12H20N2O4/c1-8-7-14(4-5-18-8)12(17)13-10-3-2-9(6-10)11(15)16/h8-10H,2-7H2,1H3,(H,13,17)(H,15,16)/t8?,9-,10+/m1/s1. The minimum atomic E-state index is -0.758. The van der Waals surface area contributed by atoms with Crippen molar-refractivity contribution in [3.63, 3.8) is 0 Å². The molecular formula is C12H20N2O4. The molecule has 6 heteroatoms. The Morgan fingerprint density at radius 3 is 2.78 bits per heavy atom. The quantitative estimate of drug-likeness (QED) is 0.761. The topological polar surface area (TPSA) is 78.9 Å². The summed E-state index contributed by atoms with van der Waals surface area (Å²) in [6.07, 6.45) is 2.02. The fraction of sp³-hybridized carbons (Fsp3) is 0.833. The number of hydrogen-bond donors (Lipinski definition) is 2. The molecule has 0 aromatic rings. The summed E-state index contributed by atoms with van der Waals surface area (Å²) in [4.78, 5) is 24.6. The van der Waals surface area contributed by atoms with Crippen molar-refractivity contribution < 1.29 is 19.4 Å². The molecule has 2 N–H and O–H groups in total. The molecule has 2 aliphatic rings. The Bertz CT molecular complexity index is 334. The lowest BCUT2D eigenvalue weighted by Crippen LogP contribution is -2.50. The molecule has 1 saturated carbocycles. The Kier molecular flexibility index (Phi) is 4.06. The third kappa shape index (κ3) is 3.13. The monoisotopic (exact) mass is 256 g/mol. The molecule has 0 aromatic carbocycles. The number of carbonyl (C=O) groups is 2. The van der Waals surface area contributed by atoms with Gasteiger partial charge in [0.05, 0.1) is 18.6 Å². The maximum Gasteiger partial charge on any atom is 0.317 e. The van der Waals surface area contributed by atoms with Crippen LogP contribution in [0, 0.1) is 5.92 Å². The Balaban J connectivity index is 1.79. The molecule has 0 bridgehead atoms. The zero-order valence-electron chi connectivity index (χ0n) is 10.6. The van der Waals surface area contributed by atoms with E-state index in [0.29, 0.717) is 32.5 Å². The highest BCUT2D eigenvalue weighted by Crippen LogP contribution is 2.25. The molecule has 0 aromatic heterocycles. The Morgan fingerprint density at radius 1 is 1.39 bits per heavy atom. The predicted octanol–water partition coefficient (Wildman–Crippen LogP) is 0.670. The molecule has 18 heavy (non-hydrogen) atoms. The number of amides is 2. The summed E-state index contributed by atoms with van der Waals surface area (Å²) in [5.74, 6) is -1.06. The number of morpholine rings is 1. The van der Waals surface area contributed by atoms with E-state index in [1.165, 1.54) is 0 Å². The first-order chi connectivity index (χ1) is 8.56. The zero-order valence-corrected chi connectivity index (χ0v) is 10.6. The van der Waals surface area contributed by atoms with Gasteiger partial charge in [0.15, 0.2) is 0 Å². The predicted molar refractivity (Wildman–Crippen MR) is 64.3 cm³/mol. The van der Waals surface area contributed by atoms with E-state index in [0.717, 1.165) is 6.42 Å². The number of rotatable bonds is 2. The number of carboxylic acids is 1. The number of hydrogen-bond acceptors (Lipinski definition) is 3. The molecule has 6 nitrogen and oxygen atoms in total. The normalized spacial score (nSPS) is 32.3. The van der Waals surface area contributed by atoms with E-state index in [9.17, 15) is 9.59 Å². The average Bonchev–Trinajstić information content (AvgIpc) is 2.77. The molecule has 1 saturated heterocycles. The first kappa shape index (κ1) is 13.1. The van der Waals surface area contributed by atoms with Crippen molar-refractivity contribution in [3.05, 3.63) is 0 Å². The van der Waals surface area contributed by atoms with Gasteiger partial charge >= 0.3 is 12.0 Å². The molecule has 2 fully saturated rings. The van der Waals surface area contributed by atoms with Crippen LogP contribution in [0.2, 0.25) is 0 Å². The van der Waals surface area contributed by atoms with Crippen molar-refractivity contribution in [2.45, 2.75) is 38.3 Å². The summed E-state index contributed by atoms with van der Waals surface area (Å²) in [5, 5.41) is 11.8. The highest BCUT2D eigenvalue weighted by Gasteiger charge is 2.32. The Morgan fingerprint density at radius 2 is 2.17 bits per heavy atom. The molecule has 1 unspecified atom stereocenters. The van der Waals surface area contributed by atoms with Crippen molar-refractivity contribution in [2.24, 2.45) is 5.92 Å². The molecule has 3 atom stereocenters. The molecule has 1 heterocycles. The molecular weight excluding hydrogens is 236 g/mol. The lowest BCUT2D eigenvalue weighted by Gasteiger charge is -2.32. The van der Waals surface area contributed by atoms with Crippen LogP contribution in [0.15, 0.2) is 0 Å². The largest absolute Gasteiger partial charge is 0.481 e. The van der Waals surface area contributed by atoms with Crippen molar-refractivity contribution in [2.75, 3.05) is 19.7 Å². The van der Waals surface area contributed by atoms with Crippen LogP contribution >= 0.6 is 0 Å². The summed E-state index contributed by atoms with van der Waals surface area (Å²) in [6.45, 7) is 3.71. The number of carboxylic acid groups (broad SMARTS) is 1. The van der Waals surface area contributed by atoms with Gasteiger partial charge in [-0.1, -0.05) is 0 Å². The first-order valence-electron chi connectivity index (χ1n) is 6.46. The maximum absolute atomic E-state index is 12.0. The second kappa shape index (κ2) is 5.56. The molecule has 0 spiro atoms. The third-order valence-corrected chi connectivity index (χ3v) is 3.64. The van der Waals surface area contributed by atoms with Crippen LogP contribution in [-0.4, -0.2) is 53.8 Å². The second-order valence-electron chi connectivity index (χ2n) is 5.12. The van der Waals surface area contributed by atoms with Gasteiger partial charge in [-0.3, -0.25) is 4.79 Å². The van der Waals surface area contributed by atoms with Crippen LogP contribution in [-0.2, 0) is 9.53 Å². The number of aliphatic carboxylic acids is 1. The van der Waals surface area contributed by atoms with Gasteiger partial charge in [-0.15, -0.1) is 0 Å². The van der Waals surface area contributed by atoms with Gasteiger partial charge in [0.2, 0.25) is 0 Å². The Hall–Kier alpha value is -1.30. The average molecular weight is 256 g/mol. The van der Waals surface area contributed by atoms with Crippen LogP contribution in [0.3, 0.4) is 0 Å². The lowest BCUT2D eigenvalue weighted by molar-refractivity contribution is -0.141. The highest BCUT2D eigenvalue weighted by atomic mass is 16.5. The van der Waals surface area contributed by atoms with Gasteiger partial charge < -0.3 is 20.1 Å². The number of ether oxygens (including phenoxy) is 1. The van der Waals surface area contributed by atoms with E-state index in [-0.39, 0.29) is 24.1 Å². The summed E-state index contributed by atoms with van der Waals surface area (Å²) in [6, 6.07) is -0.0991. The van der Waals surface area contributed by atoms with Gasteiger partial charge in [-0.2, -0.15) is 0 Å². The second-order valence-corrected chi connectivity index (χ2v) is 5.12. The maximum atomic E-state index is 12.0. The van der Waals surface area contributed by atoms with Gasteiger partial charge in [0.25, 0.3) is 0 Å². The fourth-order valence-electron chi connectivity index (χ4n) is 2.61. The molecule has 2 rings (SSSR count). The summed E-state index contributed by atoms with van der Waals surface area (Å²) in [7, 11) is 0. The fourth-order valence-corrected chi connectivity index (χ4v) is 2.61. The first-order valence-corrected chi connectivity index (χ1v) is 6.46. The molecule has 1 aliphatic heterocycles. The van der Waals surface area contributed by atoms with Gasteiger partial charge in [0.1, 0.15) is 0 Å². The van der Waals surface area contributed by atoms with Crippen LogP contribution in [0.4, 0.5) is 4.79 Å². The number of carbonyl (C=O) groups excluding carboxylic acids is 1. The minimum absolute atomic E-state index is 0.00301. The van der Waals surface area contributed by atoms with E-state index < -0.39 is 5.97 Å². The zero-order chi connectivity index (χ0) is 13.1. The van der Waals surface area contributed by atoms with Crippen LogP contribution in [0.25, 0.3) is 0 Å². The SMILES string of the molecule is CC1CN(C(=O)N[C@H]2CC[C@@H](C(=O)O)C2)CCO1. The number of nitrogens with zero attached hydrogens (tertiary/aromatic N) is 1. The highest BCUT2D eigenvalue weighted by molar-refractivity contribution is 5.75. The van der Waals surface area contributed by atoms with Gasteiger partial charge in [-0.25, -0.2) is 4.79 Å². The summed E-state index contributed by atoms with van der Waals surface area (Å²) >= 11 is 0. The van der Waals surface area contributed by atoms with E-state index in [1.54, 1.807) is 4.90 Å². The van der Waals surface area contributed by atoms with Crippen molar-refractivity contribution in [1.82, 2.24) is 10.2 Å². The van der Waals surface area contributed by atoms with E-state index >= 15 is 0 Å². The van der Waals surface area contributed by atoms with Crippen molar-refractivity contribution in [3.8, 4) is 0 Å². The number of nitrogens with one attached hydrogen (secondary N) is 1. The number of urea groups is 1. The van der Waals surface area contributed by atoms with E-state index in [1.807, 2.05) is 6.92 Å². The Labute approximate surface area is 106 Å². The van der Waals surface area contributed by atoms with E-state index in [4.69, 9.17) is 9.84 Å². The van der Waals surface area contributed by atoms with Crippen LogP contribution in [0.5, 0.6) is 0 Å². The van der Waals surface area contributed by atoms with Crippen molar-refractivity contribution >= 4 is 12.0 Å². The smallest absolute Gasteiger partial charge is 0.317 e.